The monoisotopic (exact) mass is 435 g/mol. The molecule has 1 aromatic heterocycles. The van der Waals surface area contributed by atoms with E-state index in [1.165, 1.54) is 48.7 Å². The van der Waals surface area contributed by atoms with E-state index in [-0.39, 0.29) is 43.9 Å². The van der Waals surface area contributed by atoms with Crippen molar-refractivity contribution in [2.24, 2.45) is 0 Å². The normalized spacial score (nSPS) is 10.3. The zero-order valence-corrected chi connectivity index (χ0v) is 16.6. The van der Waals surface area contributed by atoms with E-state index in [4.69, 9.17) is 26.9 Å². The Kier molecular flexibility index (Phi) is 5.85. The van der Waals surface area contributed by atoms with E-state index in [2.05, 4.69) is 9.71 Å². The topological polar surface area (TPSA) is 140 Å². The van der Waals surface area contributed by atoms with Gasteiger partial charge in [0.05, 0.1) is 26.6 Å². The molecule has 0 spiro atoms. The van der Waals surface area contributed by atoms with Crippen molar-refractivity contribution in [3.05, 3.63) is 76.4 Å². The van der Waals surface area contributed by atoms with E-state index >= 15 is 0 Å². The van der Waals surface area contributed by atoms with Gasteiger partial charge < -0.3 is 4.74 Å². The highest BCUT2D eigenvalue weighted by Gasteiger charge is 2.18. The van der Waals surface area contributed by atoms with Crippen LogP contribution < -0.4 is 9.46 Å². The van der Waals surface area contributed by atoms with Crippen LogP contribution in [0.2, 0.25) is 5.02 Å². The second kappa shape index (κ2) is 8.50. The first-order chi connectivity index (χ1) is 14.4. The van der Waals surface area contributed by atoms with Crippen molar-refractivity contribution < 1.29 is 13.2 Å². The minimum Gasteiger partial charge on any atom is -0.456 e. The van der Waals surface area contributed by atoms with Gasteiger partial charge in [0.25, 0.3) is 10.0 Å². The Hall–Kier alpha value is -4.10. The van der Waals surface area contributed by atoms with Gasteiger partial charge in [-0.2, -0.15) is 15.8 Å². The lowest BCUT2D eigenvalue weighted by atomic mass is 10.2. The molecule has 0 aliphatic rings. The van der Waals surface area contributed by atoms with Gasteiger partial charge in [0.15, 0.2) is 0 Å². The Morgan fingerprint density at radius 3 is 2.30 bits per heavy atom. The minimum atomic E-state index is -4.03. The van der Waals surface area contributed by atoms with Crippen LogP contribution >= 0.6 is 11.6 Å². The van der Waals surface area contributed by atoms with E-state index in [0.717, 1.165) is 6.07 Å². The fourth-order valence-corrected chi connectivity index (χ4v) is 3.59. The predicted octanol–water partition coefficient (Wildman–Crippen LogP) is 3.94. The summed E-state index contributed by atoms with van der Waals surface area (Å²) in [7, 11) is -4.03. The van der Waals surface area contributed by atoms with E-state index in [9.17, 15) is 13.7 Å². The summed E-state index contributed by atoms with van der Waals surface area (Å²) in [6.45, 7) is 0. The second-order valence-corrected chi connectivity index (χ2v) is 7.86. The van der Waals surface area contributed by atoms with Crippen LogP contribution in [0, 0.1) is 34.0 Å². The van der Waals surface area contributed by atoms with E-state index < -0.39 is 10.0 Å². The van der Waals surface area contributed by atoms with Crippen molar-refractivity contribution in [2.45, 2.75) is 4.90 Å². The molecule has 1 heterocycles. The van der Waals surface area contributed by atoms with Gasteiger partial charge in [0, 0.05) is 12.3 Å². The highest BCUT2D eigenvalue weighted by molar-refractivity contribution is 7.92. The number of anilines is 1. The largest absolute Gasteiger partial charge is 0.456 e. The fraction of sp³-hybridized carbons (Fsp3) is 0. The molecule has 0 unspecified atom stereocenters. The molecule has 10 heteroatoms. The number of halogens is 1. The number of ether oxygens (including phenoxy) is 1. The molecular formula is C20H10ClN5O3S. The third kappa shape index (κ3) is 4.48. The Bertz CT molecular complexity index is 1350. The summed E-state index contributed by atoms with van der Waals surface area (Å²) in [6.07, 6.45) is 1.23. The van der Waals surface area contributed by atoms with E-state index in [1.54, 1.807) is 0 Å². The van der Waals surface area contributed by atoms with Crippen molar-refractivity contribution in [2.75, 3.05) is 4.72 Å². The van der Waals surface area contributed by atoms with Gasteiger partial charge in [-0.3, -0.25) is 4.72 Å². The van der Waals surface area contributed by atoms with Gasteiger partial charge in [0.1, 0.15) is 35.5 Å². The summed E-state index contributed by atoms with van der Waals surface area (Å²) >= 11 is 5.97. The number of nitriles is 3. The zero-order chi connectivity index (χ0) is 21.7. The first-order valence-electron chi connectivity index (χ1n) is 8.17. The molecule has 8 nitrogen and oxygen atoms in total. The first kappa shape index (κ1) is 20.6. The Morgan fingerprint density at radius 1 is 0.933 bits per heavy atom. The van der Waals surface area contributed by atoms with E-state index in [0.29, 0.717) is 0 Å². The van der Waals surface area contributed by atoms with Crippen LogP contribution in [0.1, 0.15) is 16.7 Å². The van der Waals surface area contributed by atoms with Crippen molar-refractivity contribution in [1.82, 2.24) is 4.98 Å². The average molecular weight is 436 g/mol. The maximum atomic E-state index is 12.6. The van der Waals surface area contributed by atoms with Crippen LogP contribution in [-0.2, 0) is 10.0 Å². The summed E-state index contributed by atoms with van der Waals surface area (Å²) in [4.78, 5) is 3.69. The lowest BCUT2D eigenvalue weighted by molar-refractivity contribution is 0.480. The molecule has 0 atom stereocenters. The summed E-state index contributed by atoms with van der Waals surface area (Å²) in [5, 5.41) is 27.3. The summed E-state index contributed by atoms with van der Waals surface area (Å²) in [5.74, 6) is 0.430. The molecule has 3 rings (SSSR count). The lowest BCUT2D eigenvalue weighted by Gasteiger charge is -2.11. The number of nitrogens with zero attached hydrogens (tertiary/aromatic N) is 4. The number of benzene rings is 2. The maximum absolute atomic E-state index is 12.6. The van der Waals surface area contributed by atoms with Crippen molar-refractivity contribution in [1.29, 1.82) is 15.8 Å². The second-order valence-electron chi connectivity index (χ2n) is 5.77. The van der Waals surface area contributed by atoms with Crippen LogP contribution in [0.25, 0.3) is 0 Å². The zero-order valence-electron chi connectivity index (χ0n) is 15.0. The van der Waals surface area contributed by atoms with Crippen LogP contribution in [-0.4, -0.2) is 13.4 Å². The van der Waals surface area contributed by atoms with Crippen molar-refractivity contribution >= 4 is 27.4 Å². The predicted molar refractivity (Wildman–Crippen MR) is 107 cm³/mol. The highest BCUT2D eigenvalue weighted by Crippen LogP contribution is 2.30. The Balaban J connectivity index is 1.87. The highest BCUT2D eigenvalue weighted by atomic mass is 35.5. The van der Waals surface area contributed by atoms with Gasteiger partial charge >= 0.3 is 0 Å². The molecule has 0 aliphatic heterocycles. The Morgan fingerprint density at radius 2 is 1.70 bits per heavy atom. The maximum Gasteiger partial charge on any atom is 0.263 e. The standard InChI is InChI=1S/C20H10ClN5O3S/c21-18-8-16(3-2-14(18)10-23)29-19-5-4-17(7-15(19)11-24)30(27,28)26-20-6-1-13(9-22)12-25-20/h1-8,12H,(H,25,26). The molecule has 0 saturated heterocycles. The Labute approximate surface area is 177 Å². The number of hydrogen-bond acceptors (Lipinski definition) is 7. The van der Waals surface area contributed by atoms with Crippen LogP contribution in [0.15, 0.2) is 59.6 Å². The molecule has 0 fully saturated rings. The molecule has 0 amide bonds. The molecular weight excluding hydrogens is 426 g/mol. The summed E-state index contributed by atoms with van der Waals surface area (Å²) < 4.78 is 33.1. The number of nitrogens with one attached hydrogen (secondary N) is 1. The van der Waals surface area contributed by atoms with Crippen molar-refractivity contribution in [3.63, 3.8) is 0 Å². The molecule has 2 aromatic carbocycles. The number of hydrogen-bond donors (Lipinski definition) is 1. The molecule has 0 saturated carbocycles. The van der Waals surface area contributed by atoms with Gasteiger partial charge in [0.2, 0.25) is 0 Å². The van der Waals surface area contributed by atoms with E-state index in [1.807, 2.05) is 18.2 Å². The molecule has 30 heavy (non-hydrogen) atoms. The van der Waals surface area contributed by atoms with Gasteiger partial charge in [-0.15, -0.1) is 0 Å². The number of pyridine rings is 1. The quantitative estimate of drug-likeness (QED) is 0.639. The molecule has 3 aromatic rings. The summed E-state index contributed by atoms with van der Waals surface area (Å²) in [5.41, 5.74) is 0.536. The molecule has 0 radical (unpaired) electrons. The van der Waals surface area contributed by atoms with Gasteiger partial charge in [-0.1, -0.05) is 11.6 Å². The van der Waals surface area contributed by atoms with Gasteiger partial charge in [-0.25, -0.2) is 13.4 Å². The fourth-order valence-electron chi connectivity index (χ4n) is 2.35. The first-order valence-corrected chi connectivity index (χ1v) is 10.0. The molecule has 0 aliphatic carbocycles. The number of aromatic nitrogens is 1. The molecule has 146 valence electrons. The third-order valence-corrected chi connectivity index (χ3v) is 5.47. The SMILES string of the molecule is N#Cc1ccc(NS(=O)(=O)c2ccc(Oc3ccc(C#N)c(Cl)c3)c(C#N)c2)nc1. The van der Waals surface area contributed by atoms with Crippen LogP contribution in [0.3, 0.4) is 0 Å². The van der Waals surface area contributed by atoms with Crippen LogP contribution in [0.5, 0.6) is 11.5 Å². The molecule has 1 N–H and O–H groups in total. The molecule has 0 bridgehead atoms. The smallest absolute Gasteiger partial charge is 0.263 e. The average Bonchev–Trinajstić information content (AvgIpc) is 2.74. The number of sulfonamides is 1. The van der Waals surface area contributed by atoms with Crippen molar-refractivity contribution in [3.8, 4) is 29.7 Å². The minimum absolute atomic E-state index is 0.0221. The lowest BCUT2D eigenvalue weighted by Crippen LogP contribution is -2.14. The van der Waals surface area contributed by atoms with Crippen LogP contribution in [0.4, 0.5) is 5.82 Å². The number of rotatable bonds is 5. The van der Waals surface area contributed by atoms with Gasteiger partial charge in [-0.05, 0) is 42.5 Å². The summed E-state index contributed by atoms with van der Waals surface area (Å²) in [6, 6.07) is 16.6. The third-order valence-electron chi connectivity index (χ3n) is 3.80.